The van der Waals surface area contributed by atoms with Gasteiger partial charge in [-0.05, 0) is 12.3 Å². The van der Waals surface area contributed by atoms with Gasteiger partial charge >= 0.3 is 5.97 Å². The average Bonchev–Trinajstić information content (AvgIpc) is 2.52. The molecule has 0 bridgehead atoms. The molecule has 9 heteroatoms. The number of carboxylic acids is 1. The molecule has 0 heterocycles. The highest BCUT2D eigenvalue weighted by Crippen LogP contribution is 2.34. The molecule has 8 nitrogen and oxygen atoms in total. The smallest absolute Gasteiger partial charge is 0.308 e. The Balaban J connectivity index is 3.26. The largest absolute Gasteiger partial charge is 0.495 e. The number of thioether (sulfide) groups is 1. The van der Waals surface area contributed by atoms with Gasteiger partial charge in [0, 0.05) is 13.6 Å². The first-order valence-corrected chi connectivity index (χ1v) is 7.84. The van der Waals surface area contributed by atoms with Crippen molar-refractivity contribution in [1.29, 1.82) is 0 Å². The Hall–Kier alpha value is -2.29. The van der Waals surface area contributed by atoms with E-state index in [4.69, 9.17) is 9.84 Å². The molecule has 1 N–H and O–H groups in total. The van der Waals surface area contributed by atoms with Crippen LogP contribution in [0.5, 0.6) is 5.75 Å². The molecule has 0 saturated carbocycles. The van der Waals surface area contributed by atoms with Gasteiger partial charge in [0.1, 0.15) is 11.3 Å². The van der Waals surface area contributed by atoms with Crippen LogP contribution in [0.15, 0.2) is 17.0 Å². The number of benzene rings is 1. The number of ether oxygens (including phenoxy) is 1. The molecule has 0 radical (unpaired) electrons. The van der Waals surface area contributed by atoms with E-state index in [9.17, 15) is 19.7 Å². The molecule has 1 aromatic carbocycles. The SMILES string of the molecule is COc1cc([N+](=O)[O-])c(C(=O)N(C)CC(C)C(=O)O)cc1SC. The maximum absolute atomic E-state index is 12.5. The lowest BCUT2D eigenvalue weighted by Crippen LogP contribution is -2.34. The minimum atomic E-state index is -1.04. The van der Waals surface area contributed by atoms with Gasteiger partial charge in [0.05, 0.1) is 28.9 Å². The first kappa shape index (κ1) is 18.8. The van der Waals surface area contributed by atoms with E-state index in [1.807, 2.05) is 0 Å². The van der Waals surface area contributed by atoms with E-state index in [-0.39, 0.29) is 17.8 Å². The molecule has 1 unspecified atom stereocenters. The van der Waals surface area contributed by atoms with E-state index in [1.54, 1.807) is 6.26 Å². The number of aliphatic carboxylic acids is 1. The van der Waals surface area contributed by atoms with Gasteiger partial charge in [-0.2, -0.15) is 0 Å². The summed E-state index contributed by atoms with van der Waals surface area (Å²) in [5.41, 5.74) is -0.472. The molecule has 1 amide bonds. The van der Waals surface area contributed by atoms with Crippen LogP contribution < -0.4 is 4.74 Å². The molecule has 0 aliphatic carbocycles. The molecular weight excluding hydrogens is 324 g/mol. The zero-order chi connectivity index (χ0) is 17.7. The summed E-state index contributed by atoms with van der Waals surface area (Å²) in [7, 11) is 2.80. The maximum Gasteiger partial charge on any atom is 0.308 e. The topological polar surface area (TPSA) is 110 Å². The summed E-state index contributed by atoms with van der Waals surface area (Å²) < 4.78 is 5.09. The lowest BCUT2D eigenvalue weighted by atomic mass is 10.1. The van der Waals surface area contributed by atoms with Gasteiger partial charge in [-0.3, -0.25) is 19.7 Å². The number of carbonyl (C=O) groups is 2. The summed E-state index contributed by atoms with van der Waals surface area (Å²) in [6.45, 7) is 1.41. The quantitative estimate of drug-likeness (QED) is 0.459. The van der Waals surface area contributed by atoms with Gasteiger partial charge in [-0.25, -0.2) is 0 Å². The molecule has 0 aliphatic heterocycles. The highest BCUT2D eigenvalue weighted by Gasteiger charge is 2.27. The Morgan fingerprint density at radius 1 is 1.48 bits per heavy atom. The molecule has 0 saturated heterocycles. The number of amides is 1. The number of nitrogens with zero attached hydrogens (tertiary/aromatic N) is 2. The molecule has 1 rings (SSSR count). The first-order valence-electron chi connectivity index (χ1n) is 6.61. The minimum absolute atomic E-state index is 0.0497. The van der Waals surface area contributed by atoms with Gasteiger partial charge in [0.15, 0.2) is 0 Å². The van der Waals surface area contributed by atoms with E-state index in [1.165, 1.54) is 45.0 Å². The van der Waals surface area contributed by atoms with Gasteiger partial charge < -0.3 is 14.7 Å². The number of carboxylic acid groups (broad SMARTS) is 1. The Labute approximate surface area is 137 Å². The van der Waals surface area contributed by atoms with Crippen molar-refractivity contribution in [1.82, 2.24) is 4.90 Å². The van der Waals surface area contributed by atoms with Crippen LogP contribution in [0, 0.1) is 16.0 Å². The van der Waals surface area contributed by atoms with Gasteiger partial charge in [-0.15, -0.1) is 11.8 Å². The van der Waals surface area contributed by atoms with E-state index in [2.05, 4.69) is 0 Å². The Morgan fingerprint density at radius 3 is 2.52 bits per heavy atom. The summed E-state index contributed by atoms with van der Waals surface area (Å²) >= 11 is 1.29. The van der Waals surface area contributed by atoms with Crippen LogP contribution >= 0.6 is 11.8 Å². The molecule has 23 heavy (non-hydrogen) atoms. The number of nitro benzene ring substituents is 1. The van der Waals surface area contributed by atoms with Crippen LogP contribution in [0.2, 0.25) is 0 Å². The van der Waals surface area contributed by atoms with Crippen LogP contribution in [0.3, 0.4) is 0 Å². The Bertz CT molecular complexity index is 634. The Kier molecular flexibility index (Phi) is 6.38. The van der Waals surface area contributed by atoms with Crippen LogP contribution in [0.25, 0.3) is 0 Å². The van der Waals surface area contributed by atoms with E-state index < -0.39 is 22.7 Å². The lowest BCUT2D eigenvalue weighted by molar-refractivity contribution is -0.385. The van der Waals surface area contributed by atoms with Crippen LogP contribution in [0.1, 0.15) is 17.3 Å². The molecule has 0 aliphatic rings. The van der Waals surface area contributed by atoms with Crippen LogP contribution in [-0.2, 0) is 4.79 Å². The van der Waals surface area contributed by atoms with Gasteiger partial charge in [0.2, 0.25) is 0 Å². The normalized spacial score (nSPS) is 11.7. The second kappa shape index (κ2) is 7.82. The first-order chi connectivity index (χ1) is 10.7. The van der Waals surface area contributed by atoms with E-state index in [0.717, 1.165) is 4.90 Å². The zero-order valence-corrected chi connectivity index (χ0v) is 14.0. The Morgan fingerprint density at radius 2 is 2.09 bits per heavy atom. The predicted octanol–water partition coefficient (Wildman–Crippen LogP) is 2.12. The number of carbonyl (C=O) groups excluding carboxylic acids is 1. The summed E-state index contributed by atoms with van der Waals surface area (Å²) in [6, 6.07) is 2.60. The minimum Gasteiger partial charge on any atom is -0.495 e. The second-order valence-electron chi connectivity index (χ2n) is 4.91. The van der Waals surface area contributed by atoms with Crippen molar-refractivity contribution in [3.05, 3.63) is 27.8 Å². The fourth-order valence-electron chi connectivity index (χ4n) is 1.97. The number of nitro groups is 1. The summed E-state index contributed by atoms with van der Waals surface area (Å²) in [4.78, 5) is 35.7. The lowest BCUT2D eigenvalue weighted by Gasteiger charge is -2.20. The summed E-state index contributed by atoms with van der Waals surface area (Å²) in [5, 5.41) is 20.1. The highest BCUT2D eigenvalue weighted by molar-refractivity contribution is 7.98. The van der Waals surface area contributed by atoms with E-state index in [0.29, 0.717) is 10.6 Å². The van der Waals surface area contributed by atoms with Crippen molar-refractivity contribution in [2.24, 2.45) is 5.92 Å². The number of hydrogen-bond acceptors (Lipinski definition) is 6. The zero-order valence-electron chi connectivity index (χ0n) is 13.2. The number of hydrogen-bond donors (Lipinski definition) is 1. The molecule has 0 spiro atoms. The third kappa shape index (κ3) is 4.35. The predicted molar refractivity (Wildman–Crippen MR) is 85.2 cm³/mol. The molecular formula is C14H18N2O6S. The van der Waals surface area contributed by atoms with Crippen LogP contribution in [-0.4, -0.2) is 53.8 Å². The molecule has 1 aromatic rings. The number of methoxy groups -OCH3 is 1. The molecule has 0 fully saturated rings. The third-order valence-corrected chi connectivity index (χ3v) is 4.00. The van der Waals surface area contributed by atoms with Crippen molar-refractivity contribution >= 4 is 29.3 Å². The van der Waals surface area contributed by atoms with Gasteiger partial charge in [0.25, 0.3) is 11.6 Å². The van der Waals surface area contributed by atoms with Gasteiger partial charge in [-0.1, -0.05) is 6.92 Å². The monoisotopic (exact) mass is 342 g/mol. The molecule has 0 aromatic heterocycles. The third-order valence-electron chi connectivity index (χ3n) is 3.24. The fourth-order valence-corrected chi connectivity index (χ4v) is 2.55. The van der Waals surface area contributed by atoms with Crippen molar-refractivity contribution in [3.8, 4) is 5.75 Å². The van der Waals surface area contributed by atoms with Crippen molar-refractivity contribution in [2.75, 3.05) is 27.0 Å². The molecule has 1 atom stereocenters. The van der Waals surface area contributed by atoms with Crippen LogP contribution in [0.4, 0.5) is 5.69 Å². The fraction of sp³-hybridized carbons (Fsp3) is 0.429. The van der Waals surface area contributed by atoms with Crippen molar-refractivity contribution in [2.45, 2.75) is 11.8 Å². The standard InChI is InChI=1S/C14H18N2O6S/c1-8(14(18)19)7-15(2)13(17)9-5-12(23-4)11(22-3)6-10(9)16(20)21/h5-6,8H,7H2,1-4H3,(H,18,19). The molecule has 126 valence electrons. The second-order valence-corrected chi connectivity index (χ2v) is 5.75. The highest BCUT2D eigenvalue weighted by atomic mass is 32.2. The van der Waals surface area contributed by atoms with Crippen molar-refractivity contribution < 1.29 is 24.4 Å². The van der Waals surface area contributed by atoms with E-state index >= 15 is 0 Å². The van der Waals surface area contributed by atoms with Crippen molar-refractivity contribution in [3.63, 3.8) is 0 Å². The summed E-state index contributed by atoms with van der Waals surface area (Å²) in [6.07, 6.45) is 1.76. The maximum atomic E-state index is 12.5. The number of rotatable bonds is 7. The average molecular weight is 342 g/mol. The summed E-state index contributed by atoms with van der Waals surface area (Å²) in [5.74, 6) is -2.12.